The van der Waals surface area contributed by atoms with Gasteiger partial charge in [-0.05, 0) is 43.7 Å². The number of hydrogen-bond acceptors (Lipinski definition) is 3. The van der Waals surface area contributed by atoms with E-state index in [1.54, 1.807) is 23.1 Å². The molecular formula is C21H27N3O3. The average molecular weight is 369 g/mol. The third kappa shape index (κ3) is 3.33. The Morgan fingerprint density at radius 2 is 1.89 bits per heavy atom. The molecule has 1 aliphatic carbocycles. The van der Waals surface area contributed by atoms with Crippen LogP contribution in [0.1, 0.15) is 55.8 Å². The number of nitrogens with zero attached hydrogens (tertiary/aromatic N) is 2. The highest BCUT2D eigenvalue weighted by Crippen LogP contribution is 2.32. The molecule has 1 saturated heterocycles. The van der Waals surface area contributed by atoms with Crippen molar-refractivity contribution in [3.63, 3.8) is 0 Å². The van der Waals surface area contributed by atoms with E-state index in [0.717, 1.165) is 25.7 Å². The first kappa shape index (κ1) is 18.0. The van der Waals surface area contributed by atoms with Crippen LogP contribution in [0.2, 0.25) is 0 Å². The van der Waals surface area contributed by atoms with Gasteiger partial charge >= 0.3 is 0 Å². The Balaban J connectivity index is 1.58. The highest BCUT2D eigenvalue weighted by molar-refractivity contribution is 6.12. The van der Waals surface area contributed by atoms with Crippen LogP contribution in [0.4, 0.5) is 5.69 Å². The zero-order valence-electron chi connectivity index (χ0n) is 15.8. The molecule has 27 heavy (non-hydrogen) atoms. The molecule has 3 atom stereocenters. The molecule has 1 aromatic rings. The van der Waals surface area contributed by atoms with Gasteiger partial charge in [-0.3, -0.25) is 14.4 Å². The van der Waals surface area contributed by atoms with Gasteiger partial charge in [0.2, 0.25) is 11.8 Å². The maximum Gasteiger partial charge on any atom is 0.256 e. The smallest absolute Gasteiger partial charge is 0.256 e. The van der Waals surface area contributed by atoms with Crippen LogP contribution < -0.4 is 10.2 Å². The normalized spacial score (nSPS) is 27.8. The molecule has 3 amide bonds. The van der Waals surface area contributed by atoms with E-state index in [2.05, 4.69) is 12.2 Å². The Kier molecular flexibility index (Phi) is 4.89. The van der Waals surface area contributed by atoms with Crippen molar-refractivity contribution < 1.29 is 14.4 Å². The summed E-state index contributed by atoms with van der Waals surface area (Å²) in [7, 11) is 0. The lowest BCUT2D eigenvalue weighted by atomic mass is 9.86. The van der Waals surface area contributed by atoms with Gasteiger partial charge in [-0.15, -0.1) is 0 Å². The Morgan fingerprint density at radius 1 is 1.11 bits per heavy atom. The minimum Gasteiger partial charge on any atom is -0.352 e. The van der Waals surface area contributed by atoms with Crippen molar-refractivity contribution in [2.45, 2.75) is 57.5 Å². The van der Waals surface area contributed by atoms with Gasteiger partial charge in [-0.2, -0.15) is 0 Å². The fourth-order valence-corrected chi connectivity index (χ4v) is 4.70. The van der Waals surface area contributed by atoms with E-state index < -0.39 is 6.04 Å². The maximum absolute atomic E-state index is 13.2. The zero-order valence-corrected chi connectivity index (χ0v) is 15.8. The predicted octanol–water partition coefficient (Wildman–Crippen LogP) is 2.33. The number of anilines is 1. The SMILES string of the molecule is CC1CCCCC1NC(=O)CN1C(=O)[C@H]2CCCN2C(=O)c2ccccc21. The molecule has 3 aliphatic rings. The summed E-state index contributed by atoms with van der Waals surface area (Å²) in [6.07, 6.45) is 5.95. The first-order valence-corrected chi connectivity index (χ1v) is 10.1. The van der Waals surface area contributed by atoms with E-state index >= 15 is 0 Å². The van der Waals surface area contributed by atoms with Crippen molar-refractivity contribution >= 4 is 23.4 Å². The highest BCUT2D eigenvalue weighted by atomic mass is 16.2. The van der Waals surface area contributed by atoms with Crippen LogP contribution in [0.15, 0.2) is 24.3 Å². The number of para-hydroxylation sites is 1. The molecule has 1 aromatic carbocycles. The lowest BCUT2D eigenvalue weighted by Gasteiger charge is -2.31. The van der Waals surface area contributed by atoms with Crippen molar-refractivity contribution in [2.75, 3.05) is 18.0 Å². The van der Waals surface area contributed by atoms with E-state index in [9.17, 15) is 14.4 Å². The maximum atomic E-state index is 13.2. The van der Waals surface area contributed by atoms with Crippen LogP contribution in [0.3, 0.4) is 0 Å². The van der Waals surface area contributed by atoms with Crippen molar-refractivity contribution in [1.82, 2.24) is 10.2 Å². The summed E-state index contributed by atoms with van der Waals surface area (Å²) in [5, 5.41) is 3.13. The fourth-order valence-electron chi connectivity index (χ4n) is 4.70. The molecule has 2 heterocycles. The Labute approximate surface area is 159 Å². The molecule has 6 nitrogen and oxygen atoms in total. The number of amides is 3. The molecule has 2 fully saturated rings. The number of nitrogens with one attached hydrogen (secondary N) is 1. The average Bonchev–Trinajstić information content (AvgIpc) is 3.14. The first-order chi connectivity index (χ1) is 13.1. The summed E-state index contributed by atoms with van der Waals surface area (Å²) in [5.74, 6) is 0.0698. The fraction of sp³-hybridized carbons (Fsp3) is 0.571. The molecule has 0 bridgehead atoms. The summed E-state index contributed by atoms with van der Waals surface area (Å²) in [6, 6.07) is 6.85. The zero-order chi connectivity index (χ0) is 19.0. The number of carbonyl (C=O) groups excluding carboxylic acids is 3. The van der Waals surface area contributed by atoms with E-state index in [1.807, 2.05) is 6.07 Å². The molecule has 144 valence electrons. The van der Waals surface area contributed by atoms with Gasteiger partial charge in [-0.1, -0.05) is 31.9 Å². The molecule has 0 spiro atoms. The van der Waals surface area contributed by atoms with E-state index in [0.29, 0.717) is 30.1 Å². The Hall–Kier alpha value is -2.37. The lowest BCUT2D eigenvalue weighted by Crippen LogP contribution is -2.50. The second kappa shape index (κ2) is 7.33. The topological polar surface area (TPSA) is 69.7 Å². The third-order valence-corrected chi connectivity index (χ3v) is 6.25. The monoisotopic (exact) mass is 369 g/mol. The van der Waals surface area contributed by atoms with Crippen LogP contribution in [0.5, 0.6) is 0 Å². The molecule has 2 unspecified atom stereocenters. The number of hydrogen-bond donors (Lipinski definition) is 1. The van der Waals surface area contributed by atoms with Gasteiger partial charge in [-0.25, -0.2) is 0 Å². The number of benzene rings is 1. The molecule has 0 radical (unpaired) electrons. The summed E-state index contributed by atoms with van der Waals surface area (Å²) < 4.78 is 0. The highest BCUT2D eigenvalue weighted by Gasteiger charge is 2.42. The lowest BCUT2D eigenvalue weighted by molar-refractivity contribution is -0.126. The summed E-state index contributed by atoms with van der Waals surface area (Å²) in [5.41, 5.74) is 1.06. The van der Waals surface area contributed by atoms with Gasteiger partial charge in [0, 0.05) is 12.6 Å². The molecule has 2 aliphatic heterocycles. The van der Waals surface area contributed by atoms with Gasteiger partial charge in [0.25, 0.3) is 5.91 Å². The largest absolute Gasteiger partial charge is 0.352 e. The summed E-state index contributed by atoms with van der Waals surface area (Å²) in [6.45, 7) is 2.74. The summed E-state index contributed by atoms with van der Waals surface area (Å²) in [4.78, 5) is 42.0. The minimum absolute atomic E-state index is 0.0311. The molecule has 0 aromatic heterocycles. The predicted molar refractivity (Wildman–Crippen MR) is 102 cm³/mol. The quantitative estimate of drug-likeness (QED) is 0.889. The van der Waals surface area contributed by atoms with Crippen molar-refractivity contribution in [2.24, 2.45) is 5.92 Å². The number of fused-ring (bicyclic) bond motifs is 2. The van der Waals surface area contributed by atoms with Crippen LogP contribution in [-0.2, 0) is 9.59 Å². The van der Waals surface area contributed by atoms with E-state index in [4.69, 9.17) is 0 Å². The van der Waals surface area contributed by atoms with Crippen LogP contribution in [-0.4, -0.2) is 47.8 Å². The summed E-state index contributed by atoms with van der Waals surface area (Å²) >= 11 is 0. The minimum atomic E-state index is -0.452. The van der Waals surface area contributed by atoms with Gasteiger partial charge < -0.3 is 15.1 Å². The molecule has 1 N–H and O–H groups in total. The second-order valence-electron chi connectivity index (χ2n) is 8.03. The number of rotatable bonds is 3. The van der Waals surface area contributed by atoms with Crippen molar-refractivity contribution in [1.29, 1.82) is 0 Å². The first-order valence-electron chi connectivity index (χ1n) is 10.1. The molecule has 4 rings (SSSR count). The standard InChI is InChI=1S/C21H27N3O3/c1-14-7-2-4-9-16(14)22-19(25)13-24-17-10-5-3-8-15(17)20(26)23-12-6-11-18(23)21(24)27/h3,5,8,10,14,16,18H,2,4,6-7,9,11-13H2,1H3,(H,22,25)/t14?,16?,18-/m1/s1. The van der Waals surface area contributed by atoms with Gasteiger partial charge in [0.05, 0.1) is 11.3 Å². The Morgan fingerprint density at radius 3 is 2.70 bits per heavy atom. The van der Waals surface area contributed by atoms with Gasteiger partial charge in [0.15, 0.2) is 0 Å². The van der Waals surface area contributed by atoms with E-state index in [1.165, 1.54) is 11.3 Å². The van der Waals surface area contributed by atoms with Crippen LogP contribution in [0.25, 0.3) is 0 Å². The van der Waals surface area contributed by atoms with Crippen LogP contribution in [0, 0.1) is 5.92 Å². The Bertz CT molecular complexity index is 763. The molecular weight excluding hydrogens is 342 g/mol. The van der Waals surface area contributed by atoms with Crippen molar-refractivity contribution in [3.8, 4) is 0 Å². The van der Waals surface area contributed by atoms with Gasteiger partial charge in [0.1, 0.15) is 12.6 Å². The second-order valence-corrected chi connectivity index (χ2v) is 8.03. The van der Waals surface area contributed by atoms with Crippen molar-refractivity contribution in [3.05, 3.63) is 29.8 Å². The van der Waals surface area contributed by atoms with Crippen LogP contribution >= 0.6 is 0 Å². The third-order valence-electron chi connectivity index (χ3n) is 6.25. The van der Waals surface area contributed by atoms with E-state index in [-0.39, 0.29) is 30.3 Å². The molecule has 6 heteroatoms. The molecule has 1 saturated carbocycles. The number of carbonyl (C=O) groups is 3.